The fourth-order valence-corrected chi connectivity index (χ4v) is 2.63. The molecule has 0 saturated heterocycles. The molecule has 0 aliphatic rings. The predicted molar refractivity (Wildman–Crippen MR) is 71.2 cm³/mol. The number of sulfonamides is 1. The number of aryl methyl sites for hydroxylation is 1. The van der Waals surface area contributed by atoms with E-state index in [-0.39, 0.29) is 15.7 Å². The summed E-state index contributed by atoms with van der Waals surface area (Å²) >= 11 is 5.59. The van der Waals surface area contributed by atoms with Gasteiger partial charge in [-0.25, -0.2) is 17.8 Å². The minimum absolute atomic E-state index is 0.0428. The van der Waals surface area contributed by atoms with Crippen molar-refractivity contribution in [3.8, 4) is 0 Å². The molecule has 19 heavy (non-hydrogen) atoms. The Kier molecular flexibility index (Phi) is 3.73. The van der Waals surface area contributed by atoms with E-state index in [2.05, 4.69) is 9.71 Å². The predicted octanol–water partition coefficient (Wildman–Crippen LogP) is 2.98. The third-order valence-corrected chi connectivity index (χ3v) is 3.89. The molecule has 0 aliphatic heterocycles. The van der Waals surface area contributed by atoms with Gasteiger partial charge in [0.25, 0.3) is 10.0 Å². The summed E-state index contributed by atoms with van der Waals surface area (Å²) in [6.07, 6.45) is 1.14. The molecule has 1 aromatic heterocycles. The summed E-state index contributed by atoms with van der Waals surface area (Å²) in [4.78, 5) is 3.65. The molecule has 1 heterocycles. The molecule has 7 heteroatoms. The van der Waals surface area contributed by atoms with E-state index in [1.165, 1.54) is 24.3 Å². The molecule has 1 aromatic carbocycles. The zero-order chi connectivity index (χ0) is 14.0. The van der Waals surface area contributed by atoms with Crippen LogP contribution in [0.3, 0.4) is 0 Å². The Morgan fingerprint density at radius 3 is 2.58 bits per heavy atom. The van der Waals surface area contributed by atoms with E-state index in [0.29, 0.717) is 5.56 Å². The molecule has 1 N–H and O–H groups in total. The van der Waals surface area contributed by atoms with Crippen molar-refractivity contribution >= 4 is 27.3 Å². The lowest BCUT2D eigenvalue weighted by molar-refractivity contribution is 0.600. The second kappa shape index (κ2) is 5.14. The first kappa shape index (κ1) is 13.8. The Morgan fingerprint density at radius 2 is 2.00 bits per heavy atom. The number of pyridine rings is 1. The highest BCUT2D eigenvalue weighted by Crippen LogP contribution is 2.18. The van der Waals surface area contributed by atoms with Crippen LogP contribution in [-0.4, -0.2) is 13.4 Å². The summed E-state index contributed by atoms with van der Waals surface area (Å²) in [5.74, 6) is -0.507. The van der Waals surface area contributed by atoms with Crippen LogP contribution in [0.1, 0.15) is 5.56 Å². The van der Waals surface area contributed by atoms with Crippen LogP contribution in [0.25, 0.3) is 0 Å². The maximum absolute atomic E-state index is 13.2. The van der Waals surface area contributed by atoms with E-state index in [1.54, 1.807) is 6.92 Å². The van der Waals surface area contributed by atoms with Crippen LogP contribution in [0.5, 0.6) is 0 Å². The number of nitrogens with one attached hydrogen (secondary N) is 1. The van der Waals surface area contributed by atoms with Crippen LogP contribution in [0.2, 0.25) is 5.15 Å². The van der Waals surface area contributed by atoms with E-state index in [1.807, 2.05) is 0 Å². The second-order valence-electron chi connectivity index (χ2n) is 3.94. The molecule has 2 aromatic rings. The quantitative estimate of drug-likeness (QED) is 0.887. The molecule has 0 fully saturated rings. The van der Waals surface area contributed by atoms with Crippen molar-refractivity contribution in [2.24, 2.45) is 0 Å². The minimum Gasteiger partial charge on any atom is -0.279 e. The zero-order valence-corrected chi connectivity index (χ0v) is 11.5. The summed E-state index contributed by atoms with van der Waals surface area (Å²) in [5.41, 5.74) is 0.777. The summed E-state index contributed by atoms with van der Waals surface area (Å²) in [5, 5.41) is 0.195. The number of nitrogens with zero attached hydrogens (tertiary/aromatic N) is 1. The summed E-state index contributed by atoms with van der Waals surface area (Å²) in [6, 6.07) is 6.64. The number of rotatable bonds is 3. The smallest absolute Gasteiger partial charge is 0.263 e. The highest BCUT2D eigenvalue weighted by atomic mass is 35.5. The third kappa shape index (κ3) is 3.42. The normalized spacial score (nSPS) is 11.3. The van der Waals surface area contributed by atoms with Crippen molar-refractivity contribution in [1.29, 1.82) is 0 Å². The van der Waals surface area contributed by atoms with Crippen molar-refractivity contribution in [3.05, 3.63) is 53.1 Å². The molecule has 0 unspecified atom stereocenters. The summed E-state index contributed by atoms with van der Waals surface area (Å²) in [6.45, 7) is 1.67. The Labute approximate surface area is 115 Å². The van der Waals surface area contributed by atoms with Crippen LogP contribution in [0.4, 0.5) is 10.1 Å². The van der Waals surface area contributed by atoms with Gasteiger partial charge >= 0.3 is 0 Å². The van der Waals surface area contributed by atoms with Crippen molar-refractivity contribution in [1.82, 2.24) is 4.98 Å². The number of aromatic nitrogens is 1. The summed E-state index contributed by atoms with van der Waals surface area (Å²) in [7, 11) is -3.80. The van der Waals surface area contributed by atoms with Gasteiger partial charge in [0.15, 0.2) is 0 Å². The number of anilines is 1. The summed E-state index contributed by atoms with van der Waals surface area (Å²) < 4.78 is 39.5. The van der Waals surface area contributed by atoms with E-state index in [4.69, 9.17) is 11.6 Å². The maximum atomic E-state index is 13.2. The number of hydrogen-bond donors (Lipinski definition) is 1. The van der Waals surface area contributed by atoms with Crippen LogP contribution in [0.15, 0.2) is 41.4 Å². The van der Waals surface area contributed by atoms with Gasteiger partial charge in [0.2, 0.25) is 0 Å². The first-order valence-corrected chi connectivity index (χ1v) is 7.14. The Hall–Kier alpha value is -1.66. The van der Waals surface area contributed by atoms with E-state index < -0.39 is 15.8 Å². The first-order valence-electron chi connectivity index (χ1n) is 5.28. The molecule has 0 bridgehead atoms. The molecular weight excluding hydrogens is 291 g/mol. The topological polar surface area (TPSA) is 59.1 Å². The molecule has 0 spiro atoms. The van der Waals surface area contributed by atoms with Crippen molar-refractivity contribution in [3.63, 3.8) is 0 Å². The lowest BCUT2D eigenvalue weighted by Crippen LogP contribution is -2.13. The zero-order valence-electron chi connectivity index (χ0n) is 9.89. The van der Waals surface area contributed by atoms with Crippen LogP contribution in [-0.2, 0) is 10.0 Å². The van der Waals surface area contributed by atoms with Gasteiger partial charge in [-0.1, -0.05) is 11.6 Å². The highest BCUT2D eigenvalue weighted by molar-refractivity contribution is 7.92. The van der Waals surface area contributed by atoms with E-state index in [0.717, 1.165) is 12.3 Å². The van der Waals surface area contributed by atoms with Gasteiger partial charge in [-0.05, 0) is 42.8 Å². The monoisotopic (exact) mass is 300 g/mol. The maximum Gasteiger partial charge on any atom is 0.263 e. The van der Waals surface area contributed by atoms with Crippen LogP contribution in [0, 0.1) is 12.7 Å². The molecule has 0 radical (unpaired) electrons. The fraction of sp³-hybridized carbons (Fsp3) is 0.0833. The van der Waals surface area contributed by atoms with Gasteiger partial charge in [0.05, 0.1) is 5.69 Å². The second-order valence-corrected chi connectivity index (χ2v) is 6.01. The standard InChI is InChI=1S/C12H10ClFN2O2S/c1-8-4-9(14)6-10(5-8)16-19(17,18)11-2-3-12(13)15-7-11/h2-7,16H,1H3. The van der Waals surface area contributed by atoms with E-state index in [9.17, 15) is 12.8 Å². The lowest BCUT2D eigenvalue weighted by Gasteiger charge is -2.08. The number of hydrogen-bond acceptors (Lipinski definition) is 3. The molecule has 0 atom stereocenters. The first-order chi connectivity index (χ1) is 8.87. The largest absolute Gasteiger partial charge is 0.279 e. The van der Waals surface area contributed by atoms with Gasteiger partial charge < -0.3 is 0 Å². The van der Waals surface area contributed by atoms with Crippen molar-refractivity contribution in [2.45, 2.75) is 11.8 Å². The average Bonchev–Trinajstić information content (AvgIpc) is 2.27. The van der Waals surface area contributed by atoms with Gasteiger partial charge in [0, 0.05) is 6.20 Å². The van der Waals surface area contributed by atoms with Crippen molar-refractivity contribution in [2.75, 3.05) is 4.72 Å². The van der Waals surface area contributed by atoms with Crippen LogP contribution >= 0.6 is 11.6 Å². The SMILES string of the molecule is Cc1cc(F)cc(NS(=O)(=O)c2ccc(Cl)nc2)c1. The molecule has 2 rings (SSSR count). The Balaban J connectivity index is 2.33. The third-order valence-electron chi connectivity index (χ3n) is 2.30. The van der Waals surface area contributed by atoms with Gasteiger partial charge in [-0.15, -0.1) is 0 Å². The lowest BCUT2D eigenvalue weighted by atomic mass is 10.2. The molecule has 0 amide bonds. The van der Waals surface area contributed by atoms with E-state index >= 15 is 0 Å². The van der Waals surface area contributed by atoms with Crippen LogP contribution < -0.4 is 4.72 Å². The fourth-order valence-electron chi connectivity index (χ4n) is 1.53. The van der Waals surface area contributed by atoms with Crippen molar-refractivity contribution < 1.29 is 12.8 Å². The number of halogens is 2. The minimum atomic E-state index is -3.80. The molecule has 0 saturated carbocycles. The molecule has 4 nitrogen and oxygen atoms in total. The van der Waals surface area contributed by atoms with Gasteiger partial charge in [0.1, 0.15) is 15.9 Å². The molecule has 100 valence electrons. The Morgan fingerprint density at radius 1 is 1.26 bits per heavy atom. The number of benzene rings is 1. The molecular formula is C12H10ClFN2O2S. The van der Waals surface area contributed by atoms with Gasteiger partial charge in [-0.2, -0.15) is 0 Å². The highest BCUT2D eigenvalue weighted by Gasteiger charge is 2.15. The molecule has 0 aliphatic carbocycles. The Bertz CT molecular complexity index is 682. The van der Waals surface area contributed by atoms with Gasteiger partial charge in [-0.3, -0.25) is 4.72 Å². The average molecular weight is 301 g/mol.